The highest BCUT2D eigenvalue weighted by Crippen LogP contribution is 2.23. The number of carbonyl (C=O) groups excluding carboxylic acids is 1. The summed E-state index contributed by atoms with van der Waals surface area (Å²) in [6.45, 7) is 2.00. The Morgan fingerprint density at radius 2 is 1.73 bits per heavy atom. The van der Waals surface area contributed by atoms with Crippen molar-refractivity contribution in [2.24, 2.45) is 0 Å². The van der Waals surface area contributed by atoms with Gasteiger partial charge in [0.25, 0.3) is 11.5 Å². The maximum absolute atomic E-state index is 12.9. The fraction of sp³-hybridized carbons (Fsp3) is 0.0417. The van der Waals surface area contributed by atoms with Crippen LogP contribution < -0.4 is 10.9 Å². The van der Waals surface area contributed by atoms with Gasteiger partial charge >= 0.3 is 0 Å². The van der Waals surface area contributed by atoms with Crippen LogP contribution >= 0.6 is 0 Å². The molecule has 0 spiro atoms. The number of anilines is 1. The van der Waals surface area contributed by atoms with Gasteiger partial charge < -0.3 is 5.32 Å². The number of benzene rings is 3. The Hall–Kier alpha value is -4.19. The second-order valence-electron chi connectivity index (χ2n) is 7.19. The van der Waals surface area contributed by atoms with E-state index in [4.69, 9.17) is 0 Å². The number of aryl methyl sites for hydroxylation is 1. The Morgan fingerprint density at radius 1 is 0.967 bits per heavy atom. The van der Waals surface area contributed by atoms with Crippen LogP contribution in [0, 0.1) is 6.92 Å². The summed E-state index contributed by atoms with van der Waals surface area (Å²) in [6.07, 6.45) is 1.57. The summed E-state index contributed by atoms with van der Waals surface area (Å²) in [5.74, 6) is -0.222. The van der Waals surface area contributed by atoms with Crippen LogP contribution in [0.4, 0.5) is 5.69 Å². The zero-order valence-corrected chi connectivity index (χ0v) is 16.2. The van der Waals surface area contributed by atoms with Crippen molar-refractivity contribution in [3.8, 4) is 5.69 Å². The summed E-state index contributed by atoms with van der Waals surface area (Å²) in [5, 5.41) is 7.27. The minimum absolute atomic E-state index is 0.178. The molecule has 0 aliphatic heterocycles. The third kappa shape index (κ3) is 3.04. The lowest BCUT2D eigenvalue weighted by Gasteiger charge is -2.06. The standard InChI is InChI=1S/C24H18N4O2/c1-15-7-10-18(11-8-15)28-24(30)20-14-25-21-12-9-16(13-19(21)22(20)27-28)23(29)26-17-5-3-2-4-6-17/h2-14,27H,1H3,(H,26,29). The largest absolute Gasteiger partial charge is 0.322 e. The molecule has 3 aromatic carbocycles. The third-order valence-corrected chi connectivity index (χ3v) is 5.11. The number of fused-ring (bicyclic) bond motifs is 3. The average molecular weight is 394 g/mol. The monoisotopic (exact) mass is 394 g/mol. The maximum Gasteiger partial charge on any atom is 0.280 e. The quantitative estimate of drug-likeness (QED) is 0.475. The first-order valence-corrected chi connectivity index (χ1v) is 9.57. The smallest absolute Gasteiger partial charge is 0.280 e. The Morgan fingerprint density at radius 3 is 2.50 bits per heavy atom. The highest BCUT2D eigenvalue weighted by molar-refractivity contribution is 6.10. The van der Waals surface area contributed by atoms with Gasteiger partial charge in [-0.1, -0.05) is 35.9 Å². The minimum atomic E-state index is -0.222. The summed E-state index contributed by atoms with van der Waals surface area (Å²) < 4.78 is 1.50. The number of pyridine rings is 1. The normalized spacial score (nSPS) is 11.1. The molecule has 6 nitrogen and oxygen atoms in total. The van der Waals surface area contributed by atoms with E-state index in [-0.39, 0.29) is 11.5 Å². The molecule has 0 atom stereocenters. The molecule has 0 saturated heterocycles. The molecular formula is C24H18N4O2. The predicted octanol–water partition coefficient (Wildman–Crippen LogP) is 4.43. The van der Waals surface area contributed by atoms with Gasteiger partial charge in [0, 0.05) is 22.8 Å². The molecule has 1 amide bonds. The topological polar surface area (TPSA) is 79.8 Å². The van der Waals surface area contributed by atoms with Gasteiger partial charge in [-0.3, -0.25) is 19.7 Å². The van der Waals surface area contributed by atoms with Crippen LogP contribution in [0.1, 0.15) is 15.9 Å². The fourth-order valence-electron chi connectivity index (χ4n) is 3.50. The molecule has 0 radical (unpaired) electrons. The van der Waals surface area contributed by atoms with Crippen molar-refractivity contribution < 1.29 is 4.79 Å². The van der Waals surface area contributed by atoms with Crippen molar-refractivity contribution in [1.82, 2.24) is 14.8 Å². The minimum Gasteiger partial charge on any atom is -0.322 e. The molecule has 0 fully saturated rings. The number of aromatic nitrogens is 3. The second-order valence-corrected chi connectivity index (χ2v) is 7.19. The average Bonchev–Trinajstić information content (AvgIpc) is 3.11. The van der Waals surface area contributed by atoms with Crippen LogP contribution in [-0.4, -0.2) is 20.7 Å². The van der Waals surface area contributed by atoms with Crippen molar-refractivity contribution in [2.75, 3.05) is 5.32 Å². The van der Waals surface area contributed by atoms with E-state index < -0.39 is 0 Å². The summed E-state index contributed by atoms with van der Waals surface area (Å²) in [4.78, 5) is 30.1. The van der Waals surface area contributed by atoms with Gasteiger partial charge in [-0.2, -0.15) is 0 Å². The molecule has 0 bridgehead atoms. The van der Waals surface area contributed by atoms with Crippen LogP contribution in [0.5, 0.6) is 0 Å². The number of hydrogen-bond acceptors (Lipinski definition) is 3. The first kappa shape index (κ1) is 17.9. The van der Waals surface area contributed by atoms with Crippen molar-refractivity contribution >= 4 is 33.4 Å². The van der Waals surface area contributed by atoms with Crippen LogP contribution in [-0.2, 0) is 0 Å². The first-order chi connectivity index (χ1) is 14.6. The number of carbonyl (C=O) groups is 1. The second kappa shape index (κ2) is 7.00. The molecule has 0 aliphatic carbocycles. The molecule has 0 aliphatic rings. The van der Waals surface area contributed by atoms with Gasteiger partial charge in [0.1, 0.15) is 0 Å². The Labute approximate surface area is 171 Å². The highest BCUT2D eigenvalue weighted by atomic mass is 16.1. The van der Waals surface area contributed by atoms with Crippen molar-refractivity contribution in [3.63, 3.8) is 0 Å². The van der Waals surface area contributed by atoms with E-state index in [2.05, 4.69) is 15.4 Å². The van der Waals surface area contributed by atoms with E-state index in [1.165, 1.54) is 4.68 Å². The van der Waals surface area contributed by atoms with Gasteiger partial charge in [-0.05, 0) is 49.4 Å². The van der Waals surface area contributed by atoms with Crippen LogP contribution in [0.25, 0.3) is 27.5 Å². The molecule has 5 rings (SSSR count). The number of nitrogens with zero attached hydrogens (tertiary/aromatic N) is 2. The molecule has 6 heteroatoms. The van der Waals surface area contributed by atoms with E-state index in [9.17, 15) is 9.59 Å². The van der Waals surface area contributed by atoms with Gasteiger partial charge in [0.15, 0.2) is 0 Å². The lowest BCUT2D eigenvalue weighted by atomic mass is 10.1. The number of amides is 1. The molecule has 5 aromatic rings. The molecule has 2 aromatic heterocycles. The maximum atomic E-state index is 12.9. The van der Waals surface area contributed by atoms with E-state index in [1.54, 1.807) is 24.4 Å². The fourth-order valence-corrected chi connectivity index (χ4v) is 3.50. The zero-order valence-electron chi connectivity index (χ0n) is 16.2. The van der Waals surface area contributed by atoms with Crippen molar-refractivity contribution in [2.45, 2.75) is 6.92 Å². The third-order valence-electron chi connectivity index (χ3n) is 5.11. The van der Waals surface area contributed by atoms with Crippen molar-refractivity contribution in [1.29, 1.82) is 0 Å². The number of aromatic amines is 1. The van der Waals surface area contributed by atoms with Crippen LogP contribution in [0.15, 0.2) is 83.8 Å². The lowest BCUT2D eigenvalue weighted by molar-refractivity contribution is 0.102. The number of hydrogen-bond donors (Lipinski definition) is 2. The van der Waals surface area contributed by atoms with Crippen LogP contribution in [0.3, 0.4) is 0 Å². The Kier molecular flexibility index (Phi) is 4.17. The number of nitrogens with one attached hydrogen (secondary N) is 2. The lowest BCUT2D eigenvalue weighted by Crippen LogP contribution is -2.14. The Balaban J connectivity index is 1.62. The molecule has 2 heterocycles. The molecule has 146 valence electrons. The predicted molar refractivity (Wildman–Crippen MR) is 118 cm³/mol. The summed E-state index contributed by atoms with van der Waals surface area (Å²) in [7, 11) is 0. The van der Waals surface area contributed by atoms with Crippen molar-refractivity contribution in [3.05, 3.63) is 100 Å². The summed E-state index contributed by atoms with van der Waals surface area (Å²) in [6, 6.07) is 22.2. The molecular weight excluding hydrogens is 376 g/mol. The number of para-hydroxylation sites is 1. The zero-order chi connectivity index (χ0) is 20.7. The SMILES string of the molecule is Cc1ccc(-n2[nH]c3c(cnc4ccc(C(=O)Nc5ccccc5)cc43)c2=O)cc1. The van der Waals surface area contributed by atoms with E-state index >= 15 is 0 Å². The van der Waals surface area contributed by atoms with E-state index in [0.717, 1.165) is 22.3 Å². The first-order valence-electron chi connectivity index (χ1n) is 9.57. The molecule has 30 heavy (non-hydrogen) atoms. The van der Waals surface area contributed by atoms with Gasteiger partial charge in [0.05, 0.1) is 22.1 Å². The summed E-state index contributed by atoms with van der Waals surface area (Å²) >= 11 is 0. The van der Waals surface area contributed by atoms with Gasteiger partial charge in [-0.25, -0.2) is 4.68 Å². The van der Waals surface area contributed by atoms with Gasteiger partial charge in [0.2, 0.25) is 0 Å². The summed E-state index contributed by atoms with van der Waals surface area (Å²) in [5.41, 5.74) is 4.25. The number of rotatable bonds is 3. The van der Waals surface area contributed by atoms with E-state index in [1.807, 2.05) is 61.5 Å². The number of H-pyrrole nitrogens is 1. The van der Waals surface area contributed by atoms with Crippen LogP contribution in [0.2, 0.25) is 0 Å². The van der Waals surface area contributed by atoms with E-state index in [0.29, 0.717) is 22.0 Å². The molecule has 0 unspecified atom stereocenters. The molecule has 0 saturated carbocycles. The Bertz CT molecular complexity index is 1450. The molecule has 2 N–H and O–H groups in total. The highest BCUT2D eigenvalue weighted by Gasteiger charge is 2.14. The van der Waals surface area contributed by atoms with Gasteiger partial charge in [-0.15, -0.1) is 0 Å².